The minimum absolute atomic E-state index is 0.0241. The zero-order valence-corrected chi connectivity index (χ0v) is 48.2. The fourth-order valence-electron chi connectivity index (χ4n) is 15.9. The molecule has 27 atom stereocenters. The van der Waals surface area contributed by atoms with Crippen LogP contribution in [0.4, 0.5) is 0 Å². The lowest BCUT2D eigenvalue weighted by molar-refractivity contribution is -0.382. The SMILES string of the molecule is COC1C(O)C(CO)OC(OC2C(O)COC(OC3C(C)OC(OC4C(OC5CCC6(C)C7CCC89C(=O)OC(C)(C=CC=C(C)C)C8C(OC(C)=O)CC9(C)C7=CCC6C5(C)C)OCC(OS(=O)(=O)O)C4O)C(O)C3O)C2O)C1O. The summed E-state index contributed by atoms with van der Waals surface area (Å²) in [5.41, 5.74) is -1.42. The number of hydrogen-bond donors (Lipinski definition) is 9. The molecular weight excluding hydrogens is 1090 g/mol. The van der Waals surface area contributed by atoms with Crippen LogP contribution < -0.4 is 0 Å². The van der Waals surface area contributed by atoms with Crippen molar-refractivity contribution in [3.05, 3.63) is 35.5 Å². The molecule has 460 valence electrons. The second-order valence-corrected chi connectivity index (χ2v) is 26.3. The average Bonchev–Trinajstić information content (AvgIpc) is 1.75. The summed E-state index contributed by atoms with van der Waals surface area (Å²) in [5, 5.41) is 88.4. The smallest absolute Gasteiger partial charge is 0.397 e. The van der Waals surface area contributed by atoms with Crippen molar-refractivity contribution >= 4 is 22.3 Å². The van der Waals surface area contributed by atoms with Gasteiger partial charge in [0.15, 0.2) is 25.2 Å². The van der Waals surface area contributed by atoms with Crippen LogP contribution in [0.25, 0.3) is 0 Å². The molecule has 0 radical (unpaired) electrons. The maximum atomic E-state index is 14.6. The minimum atomic E-state index is -5.16. The molecule has 0 bridgehead atoms. The standard InChI is InChI=1S/C55H84O25S/c1-24(2)12-11-17-54(9)45-30(73-26(4)57)20-53(8)28-13-14-33-51(5,6)34(16-18-52(33,7)27(28)15-19-55(45,53)50(65)79-54)75-49-44(36(60)32(23-71-49)80-81(66,67)68)78-47-38(62)37(61)41(25(3)72-47)76-46-39(63)42(29(58)22-70-46)77-48-40(64)43(69-10)35(59)31(21-56)74-48/h11-13,17,25,27,29-49,56,58-64H,14-16,18-23H2,1-10H3,(H,66,67,68). The summed E-state index contributed by atoms with van der Waals surface area (Å²) >= 11 is 0. The van der Waals surface area contributed by atoms with Crippen molar-refractivity contribution in [3.8, 4) is 0 Å². The van der Waals surface area contributed by atoms with E-state index >= 15 is 0 Å². The number of cyclic esters (lactones) is 1. The van der Waals surface area contributed by atoms with Gasteiger partial charge in [-0.2, -0.15) is 8.42 Å². The van der Waals surface area contributed by atoms with Crippen molar-refractivity contribution in [1.82, 2.24) is 0 Å². The summed E-state index contributed by atoms with van der Waals surface area (Å²) < 4.78 is 104. The predicted octanol–water partition coefficient (Wildman–Crippen LogP) is 0.396. The van der Waals surface area contributed by atoms with Crippen LogP contribution in [-0.2, 0) is 76.3 Å². The van der Waals surface area contributed by atoms with E-state index < -0.39 is 187 Å². The van der Waals surface area contributed by atoms with Crippen LogP contribution in [0.3, 0.4) is 0 Å². The first kappa shape index (κ1) is 62.9. The molecule has 0 aromatic rings. The monoisotopic (exact) mass is 1180 g/mol. The molecule has 9 N–H and O–H groups in total. The van der Waals surface area contributed by atoms with E-state index in [1.165, 1.54) is 21.0 Å². The first-order valence-electron chi connectivity index (χ1n) is 28.0. The van der Waals surface area contributed by atoms with Crippen LogP contribution in [0, 0.1) is 39.4 Å². The molecule has 3 saturated carbocycles. The van der Waals surface area contributed by atoms with Crippen LogP contribution in [0.2, 0.25) is 0 Å². The summed E-state index contributed by atoms with van der Waals surface area (Å²) in [6.07, 6.45) is -18.9. The Labute approximate surface area is 471 Å². The van der Waals surface area contributed by atoms with Crippen LogP contribution in [0.1, 0.15) is 101 Å². The second-order valence-electron chi connectivity index (χ2n) is 25.3. The number of aliphatic hydroxyl groups is 8. The lowest BCUT2D eigenvalue weighted by Crippen LogP contribution is -2.65. The van der Waals surface area contributed by atoms with Crippen molar-refractivity contribution in [2.75, 3.05) is 26.9 Å². The summed E-state index contributed by atoms with van der Waals surface area (Å²) in [7, 11) is -3.95. The largest absolute Gasteiger partial charge is 0.462 e. The Kier molecular flexibility index (Phi) is 18.0. The fraction of sp³-hybridized carbons (Fsp3) is 0.855. The number of hydrogen-bond acceptors (Lipinski definition) is 24. The fourth-order valence-corrected chi connectivity index (χ4v) is 16.4. The Morgan fingerprint density at radius 1 is 0.765 bits per heavy atom. The van der Waals surface area contributed by atoms with Gasteiger partial charge in [0.1, 0.15) is 91.1 Å². The van der Waals surface area contributed by atoms with Gasteiger partial charge in [0.05, 0.1) is 43.4 Å². The zero-order chi connectivity index (χ0) is 59.3. The summed E-state index contributed by atoms with van der Waals surface area (Å²) in [5.74, 6) is -1.15. The lowest BCUT2D eigenvalue weighted by Gasteiger charge is -2.63. The molecule has 9 aliphatic rings. The summed E-state index contributed by atoms with van der Waals surface area (Å²) in [4.78, 5) is 27.4. The molecule has 26 heteroatoms. The van der Waals surface area contributed by atoms with Gasteiger partial charge >= 0.3 is 22.3 Å². The third kappa shape index (κ3) is 11.1. The van der Waals surface area contributed by atoms with E-state index in [0.29, 0.717) is 38.5 Å². The van der Waals surface area contributed by atoms with E-state index in [-0.39, 0.29) is 23.2 Å². The highest BCUT2D eigenvalue weighted by Crippen LogP contribution is 2.76. The highest BCUT2D eigenvalue weighted by molar-refractivity contribution is 7.80. The maximum absolute atomic E-state index is 14.6. The number of carbonyl (C=O) groups is 2. The highest BCUT2D eigenvalue weighted by atomic mass is 32.3. The van der Waals surface area contributed by atoms with Crippen molar-refractivity contribution in [3.63, 3.8) is 0 Å². The molecule has 25 nitrogen and oxygen atoms in total. The third-order valence-corrected chi connectivity index (χ3v) is 20.3. The highest BCUT2D eigenvalue weighted by Gasteiger charge is 2.79. The first-order chi connectivity index (χ1) is 37.9. The zero-order valence-electron chi connectivity index (χ0n) is 47.4. The Morgan fingerprint density at radius 2 is 1.42 bits per heavy atom. The minimum Gasteiger partial charge on any atom is -0.462 e. The molecule has 8 fully saturated rings. The molecular formula is C55H84O25S. The van der Waals surface area contributed by atoms with Crippen molar-refractivity contribution in [2.45, 2.75) is 229 Å². The normalized spacial score (nSPS) is 49.6. The van der Waals surface area contributed by atoms with Gasteiger partial charge in [0.2, 0.25) is 0 Å². The summed E-state index contributed by atoms with van der Waals surface area (Å²) in [6.45, 7) is 15.5. The van der Waals surface area contributed by atoms with E-state index in [2.05, 4.69) is 33.8 Å². The predicted molar refractivity (Wildman–Crippen MR) is 276 cm³/mol. The maximum Gasteiger partial charge on any atom is 0.397 e. The molecule has 0 aromatic heterocycles. The van der Waals surface area contributed by atoms with E-state index in [4.69, 9.17) is 56.3 Å². The number of ether oxygens (including phenoxy) is 11. The lowest BCUT2D eigenvalue weighted by atomic mass is 9.41. The van der Waals surface area contributed by atoms with Crippen LogP contribution >= 0.6 is 0 Å². The van der Waals surface area contributed by atoms with E-state index in [0.717, 1.165) is 11.1 Å². The number of carbonyl (C=O) groups excluding carboxylic acids is 2. The Bertz CT molecular complexity index is 2510. The molecule has 5 heterocycles. The van der Waals surface area contributed by atoms with E-state index in [1.807, 2.05) is 39.0 Å². The van der Waals surface area contributed by atoms with Crippen molar-refractivity contribution in [2.24, 2.45) is 39.4 Å². The molecule has 4 aliphatic carbocycles. The van der Waals surface area contributed by atoms with E-state index in [1.54, 1.807) is 0 Å². The molecule has 9 rings (SSSR count). The third-order valence-electron chi connectivity index (χ3n) is 19.8. The Morgan fingerprint density at radius 3 is 2.07 bits per heavy atom. The molecule has 81 heavy (non-hydrogen) atoms. The molecule has 0 aromatic carbocycles. The van der Waals surface area contributed by atoms with Gasteiger partial charge in [0, 0.05) is 19.4 Å². The average molecular weight is 1180 g/mol. The second kappa shape index (κ2) is 23.2. The number of methoxy groups -OCH3 is 1. The number of fused-ring (bicyclic) bond motifs is 4. The van der Waals surface area contributed by atoms with Gasteiger partial charge in [0.25, 0.3) is 0 Å². The van der Waals surface area contributed by atoms with Gasteiger partial charge in [-0.25, -0.2) is 4.18 Å². The van der Waals surface area contributed by atoms with Gasteiger partial charge in [-0.1, -0.05) is 57.1 Å². The number of allylic oxidation sites excluding steroid dienone is 5. The molecule has 5 saturated heterocycles. The van der Waals surface area contributed by atoms with Crippen LogP contribution in [-0.4, -0.2) is 221 Å². The van der Waals surface area contributed by atoms with Gasteiger partial charge in [-0.05, 0) is 95.0 Å². The Balaban J connectivity index is 0.912. The number of rotatable bonds is 15. The molecule has 5 aliphatic heterocycles. The van der Waals surface area contributed by atoms with E-state index in [9.17, 15) is 63.4 Å². The van der Waals surface area contributed by atoms with Crippen molar-refractivity contribution in [1.29, 1.82) is 0 Å². The van der Waals surface area contributed by atoms with Gasteiger partial charge in [-0.3, -0.25) is 14.1 Å². The molecule has 0 amide bonds. The van der Waals surface area contributed by atoms with Gasteiger partial charge in [-0.15, -0.1) is 0 Å². The number of esters is 2. The van der Waals surface area contributed by atoms with Crippen LogP contribution in [0.15, 0.2) is 35.5 Å². The first-order valence-corrected chi connectivity index (χ1v) is 29.4. The quantitative estimate of drug-likeness (QED) is 0.0464. The number of aliphatic hydroxyl groups excluding tert-OH is 8. The Hall–Kier alpha value is -2.65. The van der Waals surface area contributed by atoms with Gasteiger partial charge < -0.3 is 93.0 Å². The summed E-state index contributed by atoms with van der Waals surface area (Å²) in [6, 6.07) is 0. The van der Waals surface area contributed by atoms with Crippen molar-refractivity contribution < 1.29 is 120 Å². The van der Waals surface area contributed by atoms with Crippen LogP contribution in [0.5, 0.6) is 0 Å². The topological polar surface area (TPSA) is 361 Å². The molecule has 27 unspecified atom stereocenters. The molecule has 1 spiro atoms.